The normalized spacial score (nSPS) is 10.3. The van der Waals surface area contributed by atoms with Crippen molar-refractivity contribution < 1.29 is 19.4 Å². The van der Waals surface area contributed by atoms with E-state index in [0.717, 1.165) is 11.1 Å². The highest BCUT2D eigenvalue weighted by atomic mass is 16.5. The number of carboxylic acids is 1. The van der Waals surface area contributed by atoms with E-state index in [4.69, 9.17) is 4.74 Å². The Bertz CT molecular complexity index is 1010. The molecule has 136 valence electrons. The second kappa shape index (κ2) is 7.74. The molecule has 0 spiro atoms. The van der Waals surface area contributed by atoms with Crippen LogP contribution < -0.4 is 10.1 Å². The van der Waals surface area contributed by atoms with Gasteiger partial charge in [-0.15, -0.1) is 0 Å². The van der Waals surface area contributed by atoms with Crippen LogP contribution in [0.5, 0.6) is 11.5 Å². The molecule has 3 aromatic rings. The Morgan fingerprint density at radius 1 is 0.815 bits per heavy atom. The van der Waals surface area contributed by atoms with Gasteiger partial charge in [-0.2, -0.15) is 0 Å². The minimum absolute atomic E-state index is 0.0368. The summed E-state index contributed by atoms with van der Waals surface area (Å²) in [5.41, 5.74) is 2.49. The van der Waals surface area contributed by atoms with Crippen LogP contribution in [-0.4, -0.2) is 17.0 Å². The second-order valence-corrected chi connectivity index (χ2v) is 6.25. The third kappa shape index (κ3) is 4.52. The van der Waals surface area contributed by atoms with Gasteiger partial charge in [-0.25, -0.2) is 4.79 Å². The van der Waals surface area contributed by atoms with Gasteiger partial charge in [0.15, 0.2) is 0 Å². The number of aryl methyl sites for hydroxylation is 2. The van der Waals surface area contributed by atoms with Crippen molar-refractivity contribution in [1.29, 1.82) is 0 Å². The van der Waals surface area contributed by atoms with Gasteiger partial charge in [0.1, 0.15) is 11.5 Å². The largest absolute Gasteiger partial charge is 0.478 e. The zero-order valence-electron chi connectivity index (χ0n) is 15.0. The number of carbonyl (C=O) groups excluding carboxylic acids is 1. The standard InChI is InChI=1S/C22H19NO4/c1-14-5-3-7-17(11-14)27-18-8-4-6-16(13-18)23-21(24)20-12-15(2)9-10-19(20)22(25)26/h3-13H,1-2H3,(H,23,24)(H,25,26). The lowest BCUT2D eigenvalue weighted by atomic mass is 10.0. The number of carbonyl (C=O) groups is 2. The summed E-state index contributed by atoms with van der Waals surface area (Å²) in [7, 11) is 0. The summed E-state index contributed by atoms with van der Waals surface area (Å²) in [6.45, 7) is 3.78. The Balaban J connectivity index is 1.81. The predicted octanol–water partition coefficient (Wildman–Crippen LogP) is 5.05. The van der Waals surface area contributed by atoms with Gasteiger partial charge in [0, 0.05) is 11.8 Å². The third-order valence-corrected chi connectivity index (χ3v) is 3.97. The van der Waals surface area contributed by atoms with Gasteiger partial charge < -0.3 is 15.2 Å². The number of amides is 1. The average Bonchev–Trinajstić information content (AvgIpc) is 2.61. The van der Waals surface area contributed by atoms with E-state index in [2.05, 4.69) is 5.32 Å². The first-order chi connectivity index (χ1) is 12.9. The van der Waals surface area contributed by atoms with Crippen LogP contribution in [0.15, 0.2) is 66.7 Å². The van der Waals surface area contributed by atoms with Crippen LogP contribution in [0.1, 0.15) is 31.8 Å². The molecule has 2 N–H and O–H groups in total. The van der Waals surface area contributed by atoms with E-state index in [1.807, 2.05) is 31.2 Å². The monoisotopic (exact) mass is 361 g/mol. The molecule has 1 amide bonds. The SMILES string of the molecule is Cc1cccc(Oc2cccc(NC(=O)c3cc(C)ccc3C(=O)O)c2)c1. The van der Waals surface area contributed by atoms with Crippen molar-refractivity contribution in [3.8, 4) is 11.5 Å². The highest BCUT2D eigenvalue weighted by Crippen LogP contribution is 2.25. The summed E-state index contributed by atoms with van der Waals surface area (Å²) < 4.78 is 5.82. The van der Waals surface area contributed by atoms with E-state index >= 15 is 0 Å². The van der Waals surface area contributed by atoms with Crippen molar-refractivity contribution >= 4 is 17.6 Å². The summed E-state index contributed by atoms with van der Waals surface area (Å²) in [6, 6.07) is 19.3. The molecule has 0 atom stereocenters. The van der Waals surface area contributed by atoms with E-state index in [9.17, 15) is 14.7 Å². The molecule has 27 heavy (non-hydrogen) atoms. The first kappa shape index (κ1) is 18.2. The molecule has 5 heteroatoms. The zero-order valence-corrected chi connectivity index (χ0v) is 15.0. The smallest absolute Gasteiger partial charge is 0.336 e. The molecule has 0 fully saturated rings. The van der Waals surface area contributed by atoms with Crippen LogP contribution in [0.2, 0.25) is 0 Å². The fraction of sp³-hybridized carbons (Fsp3) is 0.0909. The molecule has 0 saturated carbocycles. The van der Waals surface area contributed by atoms with E-state index in [-0.39, 0.29) is 11.1 Å². The average molecular weight is 361 g/mol. The van der Waals surface area contributed by atoms with Crippen LogP contribution in [0, 0.1) is 13.8 Å². The topological polar surface area (TPSA) is 75.6 Å². The molecule has 0 bridgehead atoms. The molecular weight excluding hydrogens is 342 g/mol. The number of anilines is 1. The third-order valence-electron chi connectivity index (χ3n) is 3.97. The molecule has 0 aliphatic heterocycles. The Labute approximate surface area is 157 Å². The van der Waals surface area contributed by atoms with Gasteiger partial charge in [-0.3, -0.25) is 4.79 Å². The number of benzene rings is 3. The molecule has 3 aromatic carbocycles. The van der Waals surface area contributed by atoms with E-state index < -0.39 is 11.9 Å². The molecule has 0 aromatic heterocycles. The van der Waals surface area contributed by atoms with Crippen molar-refractivity contribution in [2.75, 3.05) is 5.32 Å². The maximum absolute atomic E-state index is 12.6. The van der Waals surface area contributed by atoms with Gasteiger partial charge in [0.25, 0.3) is 5.91 Å². The number of aromatic carboxylic acids is 1. The Morgan fingerprint density at radius 3 is 2.19 bits per heavy atom. The summed E-state index contributed by atoms with van der Waals surface area (Å²) in [4.78, 5) is 24.0. The Hall–Kier alpha value is -3.60. The first-order valence-electron chi connectivity index (χ1n) is 8.42. The van der Waals surface area contributed by atoms with Crippen LogP contribution in [-0.2, 0) is 0 Å². The lowest BCUT2D eigenvalue weighted by molar-refractivity contribution is 0.0692. The van der Waals surface area contributed by atoms with Crippen molar-refractivity contribution in [3.05, 3.63) is 89.0 Å². The molecule has 3 rings (SSSR count). The number of rotatable bonds is 5. The van der Waals surface area contributed by atoms with E-state index in [1.54, 1.807) is 43.3 Å². The molecule has 0 saturated heterocycles. The predicted molar refractivity (Wildman–Crippen MR) is 104 cm³/mol. The lowest BCUT2D eigenvalue weighted by Gasteiger charge is -2.11. The quantitative estimate of drug-likeness (QED) is 0.667. The van der Waals surface area contributed by atoms with Crippen LogP contribution in [0.3, 0.4) is 0 Å². The summed E-state index contributed by atoms with van der Waals surface area (Å²) in [5.74, 6) is -0.355. The number of ether oxygens (including phenoxy) is 1. The van der Waals surface area contributed by atoms with Gasteiger partial charge in [0.2, 0.25) is 0 Å². The lowest BCUT2D eigenvalue weighted by Crippen LogP contribution is -2.16. The van der Waals surface area contributed by atoms with Gasteiger partial charge >= 0.3 is 5.97 Å². The summed E-state index contributed by atoms with van der Waals surface area (Å²) in [6.07, 6.45) is 0. The molecule has 0 heterocycles. The highest BCUT2D eigenvalue weighted by Gasteiger charge is 2.17. The van der Waals surface area contributed by atoms with Crippen LogP contribution >= 0.6 is 0 Å². The molecule has 5 nitrogen and oxygen atoms in total. The van der Waals surface area contributed by atoms with Crippen molar-refractivity contribution in [1.82, 2.24) is 0 Å². The van der Waals surface area contributed by atoms with E-state index in [0.29, 0.717) is 17.2 Å². The maximum atomic E-state index is 12.6. The van der Waals surface area contributed by atoms with Crippen LogP contribution in [0.4, 0.5) is 5.69 Å². The zero-order chi connectivity index (χ0) is 19.4. The van der Waals surface area contributed by atoms with Gasteiger partial charge in [-0.05, 0) is 55.8 Å². The van der Waals surface area contributed by atoms with Gasteiger partial charge in [0.05, 0.1) is 11.1 Å². The van der Waals surface area contributed by atoms with Crippen LogP contribution in [0.25, 0.3) is 0 Å². The maximum Gasteiger partial charge on any atom is 0.336 e. The second-order valence-electron chi connectivity index (χ2n) is 6.25. The molecule has 0 aliphatic carbocycles. The Morgan fingerprint density at radius 2 is 1.48 bits per heavy atom. The molecular formula is C22H19NO4. The first-order valence-corrected chi connectivity index (χ1v) is 8.42. The summed E-state index contributed by atoms with van der Waals surface area (Å²) >= 11 is 0. The minimum Gasteiger partial charge on any atom is -0.478 e. The fourth-order valence-electron chi connectivity index (χ4n) is 2.68. The number of carboxylic acid groups (broad SMARTS) is 1. The van der Waals surface area contributed by atoms with E-state index in [1.165, 1.54) is 6.07 Å². The molecule has 0 aliphatic rings. The number of hydrogen-bond donors (Lipinski definition) is 2. The minimum atomic E-state index is -1.14. The van der Waals surface area contributed by atoms with Gasteiger partial charge in [-0.1, -0.05) is 29.8 Å². The number of hydrogen-bond acceptors (Lipinski definition) is 3. The molecule has 0 radical (unpaired) electrons. The Kier molecular flexibility index (Phi) is 5.22. The van der Waals surface area contributed by atoms with Crippen molar-refractivity contribution in [2.45, 2.75) is 13.8 Å². The molecule has 0 unspecified atom stereocenters. The number of nitrogens with one attached hydrogen (secondary N) is 1. The summed E-state index contributed by atoms with van der Waals surface area (Å²) in [5, 5.41) is 12.0. The highest BCUT2D eigenvalue weighted by molar-refractivity contribution is 6.10. The van der Waals surface area contributed by atoms with Crippen molar-refractivity contribution in [3.63, 3.8) is 0 Å². The fourth-order valence-corrected chi connectivity index (χ4v) is 2.68. The van der Waals surface area contributed by atoms with Crippen molar-refractivity contribution in [2.24, 2.45) is 0 Å².